The van der Waals surface area contributed by atoms with Gasteiger partial charge in [-0.2, -0.15) is 0 Å². The van der Waals surface area contributed by atoms with Gasteiger partial charge in [-0.25, -0.2) is 39.0 Å². The Labute approximate surface area is 514 Å². The number of hydrogen-bond donors (Lipinski definition) is 6. The minimum Gasteiger partial charge on any atom is -0.371 e. The summed E-state index contributed by atoms with van der Waals surface area (Å²) >= 11 is 0. The number of phosphoric acid groups is 2. The van der Waals surface area contributed by atoms with E-state index in [1.165, 1.54) is 9.13 Å². The highest BCUT2D eigenvalue weighted by molar-refractivity contribution is 7.49. The van der Waals surface area contributed by atoms with Crippen LogP contribution < -0.4 is 31.1 Å². The highest BCUT2D eigenvalue weighted by atomic mass is 31.2. The van der Waals surface area contributed by atoms with Gasteiger partial charge >= 0.3 is 15.6 Å². The molecule has 2 saturated heterocycles. The average molecular weight is 1250 g/mol. The van der Waals surface area contributed by atoms with Crippen LogP contribution >= 0.6 is 15.6 Å². The fourth-order valence-corrected chi connectivity index (χ4v) is 12.0. The van der Waals surface area contributed by atoms with Gasteiger partial charge in [-0.15, -0.1) is 9.35 Å². The molecule has 26 nitrogen and oxygen atoms in total. The molecule has 2 fully saturated rings. The van der Waals surface area contributed by atoms with E-state index in [9.17, 15) is 18.9 Å². The summed E-state index contributed by atoms with van der Waals surface area (Å²) in [7, 11) is -10.7. The van der Waals surface area contributed by atoms with Gasteiger partial charge < -0.3 is 40.9 Å². The van der Waals surface area contributed by atoms with Crippen LogP contribution in [0.1, 0.15) is 35.6 Å². The highest BCUT2D eigenvalue weighted by Crippen LogP contribution is 2.53. The number of phosphoric ester groups is 2. The molecule has 2 aliphatic heterocycles. The number of hydrogen-bond acceptors (Lipinski definition) is 22. The third-order valence-corrected chi connectivity index (χ3v) is 16.9. The van der Waals surface area contributed by atoms with Gasteiger partial charge in [0.05, 0.1) is 51.7 Å². The SMILES string of the molecule is Cc1cc(Nc2cnc3c(c2)nc(-c2ccc(Nc4cc(C)nc5ccc(N6CCC6)cc45)nc2)n3COP(=O)(O)OOP(=O)(O)OCn2c(-c3ccc(Nc4cc(C)nc5ccc(N6CCC6)cc45)nc3)nc3ncc(Nc4ccnc(C)c4)cc32)ccn1. The Morgan fingerprint density at radius 2 is 0.978 bits per heavy atom. The maximum absolute atomic E-state index is 13.8. The number of anilines is 10. The average Bonchev–Trinajstić information content (AvgIpc) is 1.53. The van der Waals surface area contributed by atoms with Crippen LogP contribution in [0.3, 0.4) is 0 Å². The van der Waals surface area contributed by atoms with Gasteiger partial charge in [0.1, 0.15) is 42.3 Å². The second-order valence-corrected chi connectivity index (χ2v) is 24.6. The molecule has 2 aromatic carbocycles. The minimum absolute atomic E-state index is 0.247. The predicted molar refractivity (Wildman–Crippen MR) is 343 cm³/mol. The summed E-state index contributed by atoms with van der Waals surface area (Å²) in [6, 6.07) is 34.4. The van der Waals surface area contributed by atoms with E-state index in [1.54, 1.807) is 79.6 Å². The van der Waals surface area contributed by atoms with E-state index in [4.69, 9.17) is 48.3 Å². The van der Waals surface area contributed by atoms with Crippen molar-refractivity contribution in [2.75, 3.05) is 57.2 Å². The standard InChI is InChI=1S/C62H58N18O8P2/c1-37-23-43(15-17-63-37)71-45-27-55-62(68-34-45)80(60(75-55)41-7-13-57(65-31-41)73-53-25-39(3)69-51-11-9-47(29-49(51)53)77-19-5-20-77)36-86-90(83,84)88-87-89(81,82)85-35-79-56-28-46(72-44-16-18-64-38(2)24-44)33-67-59(56)76-61(79)42-8-14-58(66-32-42)74-54-26-40(4)70-52-12-10-48(30-50(52)54)78-21-6-22-78/h7-18,23-34H,5-6,19-22,35-36H2,1-4H3,(H,63,71)(H,64,72)(H,81,82)(H,83,84)(H,65,69,73)(H,66,70,74). The summed E-state index contributed by atoms with van der Waals surface area (Å²) in [6.45, 7) is 10.2. The van der Waals surface area contributed by atoms with E-state index in [0.29, 0.717) is 45.2 Å². The first-order valence-corrected chi connectivity index (χ1v) is 31.8. The lowest BCUT2D eigenvalue weighted by Crippen LogP contribution is -2.36. The van der Waals surface area contributed by atoms with Crippen LogP contribution in [0.4, 0.5) is 57.1 Å². The maximum atomic E-state index is 13.8. The quantitative estimate of drug-likeness (QED) is 0.0221. The molecular formula is C62H58N18O8P2. The predicted octanol–water partition coefficient (Wildman–Crippen LogP) is 12.6. The Balaban J connectivity index is 0.705. The van der Waals surface area contributed by atoms with Crippen LogP contribution in [0.2, 0.25) is 0 Å². The summed E-state index contributed by atoms with van der Waals surface area (Å²) in [5, 5.41) is 15.4. The van der Waals surface area contributed by atoms with Crippen molar-refractivity contribution >= 4 is 117 Å². The fraction of sp³-hybridized carbons (Fsp3) is 0.194. The molecule has 6 N–H and O–H groups in total. The van der Waals surface area contributed by atoms with Crippen molar-refractivity contribution in [3.8, 4) is 22.8 Å². The van der Waals surface area contributed by atoms with Crippen molar-refractivity contribution in [1.82, 2.24) is 59.0 Å². The number of nitrogens with one attached hydrogen (secondary N) is 4. The summed E-state index contributed by atoms with van der Waals surface area (Å²) in [5.41, 5.74) is 13.7. The molecule has 0 spiro atoms. The molecule has 14 rings (SSSR count). The number of pyridine rings is 8. The van der Waals surface area contributed by atoms with Crippen LogP contribution in [-0.2, 0) is 41.0 Å². The van der Waals surface area contributed by atoms with Crippen molar-refractivity contribution in [3.63, 3.8) is 0 Å². The fourth-order valence-electron chi connectivity index (χ4n) is 10.7. The Kier molecular flexibility index (Phi) is 15.4. The second kappa shape index (κ2) is 23.9. The largest absolute Gasteiger partial charge is 0.501 e. The number of aromatic nitrogens is 12. The van der Waals surface area contributed by atoms with Gasteiger partial charge in [0.2, 0.25) is 0 Å². The monoisotopic (exact) mass is 1240 g/mol. The lowest BCUT2D eigenvalue weighted by Gasteiger charge is -2.33. The van der Waals surface area contributed by atoms with Gasteiger partial charge in [0, 0.05) is 118 Å². The first-order valence-electron chi connectivity index (χ1n) is 28.8. The molecule has 2 atom stereocenters. The van der Waals surface area contributed by atoms with Crippen LogP contribution in [0.5, 0.6) is 0 Å². The molecule has 2 aliphatic rings. The molecule has 10 aromatic heterocycles. The number of benzene rings is 2. The molecule has 90 heavy (non-hydrogen) atoms. The molecule has 0 radical (unpaired) electrons. The zero-order valence-electron chi connectivity index (χ0n) is 49.0. The first kappa shape index (κ1) is 57.8. The normalized spacial score (nSPS) is 14.6. The highest BCUT2D eigenvalue weighted by Gasteiger charge is 2.33. The van der Waals surface area contributed by atoms with Crippen LogP contribution in [-0.4, -0.2) is 94.9 Å². The number of fused-ring (bicyclic) bond motifs is 4. The van der Waals surface area contributed by atoms with E-state index in [1.807, 2.05) is 70.2 Å². The molecule has 0 saturated carbocycles. The zero-order valence-corrected chi connectivity index (χ0v) is 50.8. The summed E-state index contributed by atoms with van der Waals surface area (Å²) < 4.78 is 50.9. The van der Waals surface area contributed by atoms with Gasteiger partial charge in [0.15, 0.2) is 11.3 Å². The third kappa shape index (κ3) is 12.5. The number of nitrogens with zero attached hydrogens (tertiary/aromatic N) is 14. The molecule has 28 heteroatoms. The van der Waals surface area contributed by atoms with Crippen molar-refractivity contribution in [1.29, 1.82) is 0 Å². The Morgan fingerprint density at radius 3 is 1.48 bits per heavy atom. The van der Waals surface area contributed by atoms with E-state index in [-0.39, 0.29) is 22.9 Å². The lowest BCUT2D eigenvalue weighted by molar-refractivity contribution is -0.154. The smallest absolute Gasteiger partial charge is 0.371 e. The zero-order chi connectivity index (χ0) is 61.7. The summed E-state index contributed by atoms with van der Waals surface area (Å²) in [6.07, 6.45) is 12.0. The number of rotatable bonds is 21. The lowest BCUT2D eigenvalue weighted by atomic mass is 10.1. The molecule has 2 unspecified atom stereocenters. The van der Waals surface area contributed by atoms with E-state index >= 15 is 0 Å². The van der Waals surface area contributed by atoms with Crippen LogP contribution in [0, 0.1) is 27.7 Å². The van der Waals surface area contributed by atoms with Crippen LogP contribution in [0.25, 0.3) is 66.9 Å². The van der Waals surface area contributed by atoms with Gasteiger partial charge in [-0.3, -0.25) is 38.1 Å². The summed E-state index contributed by atoms with van der Waals surface area (Å²) in [4.78, 5) is 73.4. The van der Waals surface area contributed by atoms with Crippen molar-refractivity contribution in [2.24, 2.45) is 0 Å². The van der Waals surface area contributed by atoms with Gasteiger partial charge in [0.25, 0.3) is 0 Å². The topological polar surface area (TPSA) is 305 Å². The first-order chi connectivity index (χ1) is 43.6. The molecular weight excluding hydrogens is 1190 g/mol. The second-order valence-electron chi connectivity index (χ2n) is 21.9. The van der Waals surface area contributed by atoms with Crippen molar-refractivity contribution in [2.45, 2.75) is 54.0 Å². The van der Waals surface area contributed by atoms with Crippen LogP contribution in [0.15, 0.2) is 146 Å². The molecule has 12 heterocycles. The minimum atomic E-state index is -5.36. The van der Waals surface area contributed by atoms with Gasteiger partial charge in [-0.1, -0.05) is 0 Å². The number of aryl methyl sites for hydroxylation is 4. The summed E-state index contributed by atoms with van der Waals surface area (Å²) in [5.74, 6) is 1.56. The van der Waals surface area contributed by atoms with E-state index in [2.05, 4.69) is 75.3 Å². The Hall–Kier alpha value is -9.88. The van der Waals surface area contributed by atoms with E-state index in [0.717, 1.165) is 118 Å². The third-order valence-electron chi connectivity index (χ3n) is 15.3. The maximum Gasteiger partial charge on any atom is 0.501 e. The number of imidazole rings is 2. The Morgan fingerprint density at radius 1 is 0.467 bits per heavy atom. The molecule has 454 valence electrons. The molecule has 12 aromatic rings. The molecule has 0 amide bonds. The van der Waals surface area contributed by atoms with Crippen molar-refractivity contribution < 1.29 is 37.3 Å². The van der Waals surface area contributed by atoms with Gasteiger partial charge in [-0.05, 0) is 150 Å². The molecule has 0 aliphatic carbocycles. The van der Waals surface area contributed by atoms with E-state index < -0.39 is 29.1 Å². The van der Waals surface area contributed by atoms with Crippen molar-refractivity contribution in [3.05, 3.63) is 169 Å². The Bertz CT molecular complexity index is 4830. The molecule has 0 bridgehead atoms.